The number of carboxylic acids is 1. The van der Waals surface area contributed by atoms with Crippen molar-refractivity contribution in [2.24, 2.45) is 5.73 Å². The van der Waals surface area contributed by atoms with E-state index in [9.17, 15) is 4.79 Å². The predicted molar refractivity (Wildman–Crippen MR) is 69.6 cm³/mol. The minimum Gasteiger partial charge on any atom is -0.496 e. The van der Waals surface area contributed by atoms with E-state index in [1.165, 1.54) is 0 Å². The van der Waals surface area contributed by atoms with E-state index in [1.807, 2.05) is 37.2 Å². The summed E-state index contributed by atoms with van der Waals surface area (Å²) in [6, 6.07) is 5.08. The van der Waals surface area contributed by atoms with Crippen LogP contribution in [-0.4, -0.2) is 37.2 Å². The number of nitrogens with two attached hydrogens (primary N) is 1. The lowest BCUT2D eigenvalue weighted by Gasteiger charge is -2.19. The molecule has 1 atom stereocenters. The van der Waals surface area contributed by atoms with E-state index in [4.69, 9.17) is 15.6 Å². The summed E-state index contributed by atoms with van der Waals surface area (Å²) < 4.78 is 5.38. The van der Waals surface area contributed by atoms with Crippen LogP contribution in [0.5, 0.6) is 5.75 Å². The minimum absolute atomic E-state index is 0.109. The Morgan fingerprint density at radius 3 is 2.67 bits per heavy atom. The number of nitrogens with zero attached hydrogens (tertiary/aromatic N) is 1. The molecule has 0 heterocycles. The molecule has 5 nitrogen and oxygen atoms in total. The number of methoxy groups -OCH3 is 1. The third-order valence-electron chi connectivity index (χ3n) is 2.61. The van der Waals surface area contributed by atoms with Crippen LogP contribution in [0.3, 0.4) is 0 Å². The third-order valence-corrected chi connectivity index (χ3v) is 2.61. The molecule has 0 aliphatic carbocycles. The van der Waals surface area contributed by atoms with Gasteiger partial charge in [0, 0.05) is 23.7 Å². The summed E-state index contributed by atoms with van der Waals surface area (Å²) in [6.45, 7) is 0.719. The molecule has 0 aliphatic rings. The number of carbonyl (C=O) groups is 1. The topological polar surface area (TPSA) is 75.8 Å². The normalized spacial score (nSPS) is 12.5. The van der Waals surface area contributed by atoms with Gasteiger partial charge in [-0.05, 0) is 14.1 Å². The average Bonchev–Trinajstić information content (AvgIpc) is 2.26. The zero-order chi connectivity index (χ0) is 13.7. The third kappa shape index (κ3) is 3.72. The van der Waals surface area contributed by atoms with Gasteiger partial charge in [-0.2, -0.15) is 0 Å². The second kappa shape index (κ2) is 6.37. The first-order valence-electron chi connectivity index (χ1n) is 5.73. The molecule has 0 bridgehead atoms. The quantitative estimate of drug-likeness (QED) is 0.796. The van der Waals surface area contributed by atoms with Gasteiger partial charge in [0.15, 0.2) is 0 Å². The SMILES string of the molecule is COc1c(CN(C)C)cccc1C(N)CC(=O)O. The van der Waals surface area contributed by atoms with Gasteiger partial charge in [0.25, 0.3) is 0 Å². The van der Waals surface area contributed by atoms with Crippen LogP contribution >= 0.6 is 0 Å². The number of rotatable bonds is 6. The number of hydrogen-bond acceptors (Lipinski definition) is 4. The molecule has 1 unspecified atom stereocenters. The highest BCUT2D eigenvalue weighted by Gasteiger charge is 2.17. The lowest BCUT2D eigenvalue weighted by Crippen LogP contribution is -2.18. The van der Waals surface area contributed by atoms with E-state index in [2.05, 4.69) is 0 Å². The molecule has 18 heavy (non-hydrogen) atoms. The van der Waals surface area contributed by atoms with Crippen molar-refractivity contribution in [3.05, 3.63) is 29.3 Å². The molecule has 0 saturated carbocycles. The molecule has 0 amide bonds. The van der Waals surface area contributed by atoms with Crippen LogP contribution in [0.25, 0.3) is 0 Å². The van der Waals surface area contributed by atoms with Crippen molar-refractivity contribution in [2.75, 3.05) is 21.2 Å². The Bertz CT molecular complexity index is 419. The number of carboxylic acid groups (broad SMARTS) is 1. The number of aliphatic carboxylic acids is 1. The van der Waals surface area contributed by atoms with E-state index in [0.29, 0.717) is 5.75 Å². The summed E-state index contributed by atoms with van der Waals surface area (Å²) in [5.74, 6) is -0.234. The first-order valence-corrected chi connectivity index (χ1v) is 5.73. The molecule has 5 heteroatoms. The van der Waals surface area contributed by atoms with Crippen molar-refractivity contribution in [3.63, 3.8) is 0 Å². The molecule has 0 saturated heterocycles. The van der Waals surface area contributed by atoms with Gasteiger partial charge in [-0.1, -0.05) is 18.2 Å². The highest BCUT2D eigenvalue weighted by Crippen LogP contribution is 2.30. The van der Waals surface area contributed by atoms with Crippen LogP contribution in [0.1, 0.15) is 23.6 Å². The molecule has 3 N–H and O–H groups in total. The molecule has 0 spiro atoms. The van der Waals surface area contributed by atoms with Gasteiger partial charge in [0.1, 0.15) is 5.75 Å². The molecule has 0 fully saturated rings. The van der Waals surface area contributed by atoms with Gasteiger partial charge in [-0.3, -0.25) is 4.79 Å². The lowest BCUT2D eigenvalue weighted by atomic mass is 10.00. The van der Waals surface area contributed by atoms with Gasteiger partial charge in [0.05, 0.1) is 13.5 Å². The van der Waals surface area contributed by atoms with Crippen molar-refractivity contribution in [3.8, 4) is 5.75 Å². The summed E-state index contributed by atoms with van der Waals surface area (Å²) in [5, 5.41) is 8.79. The second-order valence-electron chi connectivity index (χ2n) is 4.48. The van der Waals surface area contributed by atoms with Gasteiger partial charge in [0.2, 0.25) is 0 Å². The number of ether oxygens (including phenoxy) is 1. The molecule has 1 aromatic carbocycles. The molecular formula is C13H20N2O3. The van der Waals surface area contributed by atoms with Gasteiger partial charge >= 0.3 is 5.97 Å². The summed E-state index contributed by atoms with van der Waals surface area (Å²) in [4.78, 5) is 12.7. The fraction of sp³-hybridized carbons (Fsp3) is 0.462. The Kier molecular flexibility index (Phi) is 5.12. The molecule has 100 valence electrons. The fourth-order valence-corrected chi connectivity index (χ4v) is 1.91. The summed E-state index contributed by atoms with van der Waals surface area (Å²) in [5.41, 5.74) is 7.63. The Balaban J connectivity index is 3.07. The van der Waals surface area contributed by atoms with E-state index < -0.39 is 12.0 Å². The predicted octanol–water partition coefficient (Wildman–Crippen LogP) is 1.23. The Hall–Kier alpha value is -1.59. The van der Waals surface area contributed by atoms with Gasteiger partial charge in [-0.15, -0.1) is 0 Å². The van der Waals surface area contributed by atoms with Crippen molar-refractivity contribution < 1.29 is 14.6 Å². The Morgan fingerprint density at radius 1 is 1.50 bits per heavy atom. The lowest BCUT2D eigenvalue weighted by molar-refractivity contribution is -0.137. The van der Waals surface area contributed by atoms with Crippen molar-refractivity contribution in [2.45, 2.75) is 19.0 Å². The van der Waals surface area contributed by atoms with E-state index >= 15 is 0 Å². The van der Waals surface area contributed by atoms with Crippen LogP contribution in [-0.2, 0) is 11.3 Å². The van der Waals surface area contributed by atoms with Crippen LogP contribution in [0.4, 0.5) is 0 Å². The molecule has 0 aliphatic heterocycles. The van der Waals surface area contributed by atoms with Crippen LogP contribution < -0.4 is 10.5 Å². The standard InChI is InChI=1S/C13H20N2O3/c1-15(2)8-9-5-4-6-10(13(9)18-3)11(14)7-12(16)17/h4-6,11H,7-8,14H2,1-3H3,(H,16,17). The summed E-state index contributed by atoms with van der Waals surface area (Å²) in [6.07, 6.45) is -0.109. The molecule has 0 aromatic heterocycles. The van der Waals surface area contributed by atoms with E-state index in [1.54, 1.807) is 7.11 Å². The first kappa shape index (κ1) is 14.5. The largest absolute Gasteiger partial charge is 0.496 e. The van der Waals surface area contributed by atoms with Gasteiger partial charge in [-0.25, -0.2) is 0 Å². The summed E-state index contributed by atoms with van der Waals surface area (Å²) >= 11 is 0. The van der Waals surface area contributed by atoms with Gasteiger partial charge < -0.3 is 20.5 Å². The number of para-hydroxylation sites is 1. The van der Waals surface area contributed by atoms with E-state index in [0.717, 1.165) is 17.7 Å². The number of benzene rings is 1. The maximum absolute atomic E-state index is 10.7. The van der Waals surface area contributed by atoms with Crippen molar-refractivity contribution >= 4 is 5.97 Å². The summed E-state index contributed by atoms with van der Waals surface area (Å²) in [7, 11) is 5.50. The molecule has 1 aromatic rings. The zero-order valence-electron chi connectivity index (χ0n) is 11.0. The average molecular weight is 252 g/mol. The van der Waals surface area contributed by atoms with Crippen LogP contribution in [0.2, 0.25) is 0 Å². The Labute approximate surface area is 107 Å². The highest BCUT2D eigenvalue weighted by atomic mass is 16.5. The monoisotopic (exact) mass is 252 g/mol. The molecule has 1 rings (SSSR count). The smallest absolute Gasteiger partial charge is 0.305 e. The molecular weight excluding hydrogens is 232 g/mol. The number of hydrogen-bond donors (Lipinski definition) is 2. The van der Waals surface area contributed by atoms with Crippen molar-refractivity contribution in [1.29, 1.82) is 0 Å². The zero-order valence-corrected chi connectivity index (χ0v) is 11.0. The fourth-order valence-electron chi connectivity index (χ4n) is 1.91. The highest BCUT2D eigenvalue weighted by molar-refractivity contribution is 5.68. The van der Waals surface area contributed by atoms with Crippen LogP contribution in [0, 0.1) is 0 Å². The van der Waals surface area contributed by atoms with Crippen molar-refractivity contribution in [1.82, 2.24) is 4.90 Å². The first-order chi connectivity index (χ1) is 8.45. The molecule has 0 radical (unpaired) electrons. The van der Waals surface area contributed by atoms with E-state index in [-0.39, 0.29) is 6.42 Å². The minimum atomic E-state index is -0.914. The Morgan fingerprint density at radius 2 is 2.17 bits per heavy atom. The van der Waals surface area contributed by atoms with Crippen LogP contribution in [0.15, 0.2) is 18.2 Å². The second-order valence-corrected chi connectivity index (χ2v) is 4.48. The maximum atomic E-state index is 10.7. The maximum Gasteiger partial charge on any atom is 0.305 e.